The molecule has 0 fully saturated rings. The average molecular weight is 352 g/mol. The zero-order chi connectivity index (χ0) is 17.3. The zero-order valence-corrected chi connectivity index (χ0v) is 13.0. The van der Waals surface area contributed by atoms with Crippen molar-refractivity contribution in [2.75, 3.05) is 0 Å². The predicted molar refractivity (Wildman–Crippen MR) is 85.2 cm³/mol. The largest absolute Gasteiger partial charge is 0.434 e. The maximum atomic E-state index is 12.6. The molecule has 1 atom stereocenters. The molecule has 0 saturated heterocycles. The predicted octanol–water partition coefficient (Wildman–Crippen LogP) is 3.71. The fourth-order valence-corrected chi connectivity index (χ4v) is 2.55. The van der Waals surface area contributed by atoms with E-state index in [0.717, 1.165) is 0 Å². The molecule has 3 rings (SSSR count). The number of fused-ring (bicyclic) bond motifs is 1. The molecule has 124 valence electrons. The Kier molecular flexibility index (Phi) is 4.46. The third kappa shape index (κ3) is 2.95. The van der Waals surface area contributed by atoms with Gasteiger partial charge in [0.1, 0.15) is 22.7 Å². The summed E-state index contributed by atoms with van der Waals surface area (Å²) in [4.78, 5) is 4.28. The number of hydrogen-bond acceptors (Lipinski definition) is 4. The Bertz CT molecular complexity index is 898. The summed E-state index contributed by atoms with van der Waals surface area (Å²) in [6.07, 6.45) is 0.131. The lowest BCUT2D eigenvalue weighted by Gasteiger charge is -2.16. The number of benzene rings is 1. The van der Waals surface area contributed by atoms with Gasteiger partial charge in [-0.15, -0.1) is 0 Å². The maximum Gasteiger partial charge on any atom is 0.387 e. The van der Waals surface area contributed by atoms with Gasteiger partial charge in [0.25, 0.3) is 0 Å². The summed E-state index contributed by atoms with van der Waals surface area (Å²) in [5.41, 5.74) is 1.22. The van der Waals surface area contributed by atoms with Crippen LogP contribution in [-0.4, -0.2) is 26.3 Å². The number of alkyl halides is 2. The van der Waals surface area contributed by atoms with Crippen LogP contribution in [0.5, 0.6) is 5.75 Å². The van der Waals surface area contributed by atoms with Crippen LogP contribution >= 0.6 is 11.6 Å². The number of aliphatic hydroxyl groups is 1. The van der Waals surface area contributed by atoms with Gasteiger partial charge in [0.15, 0.2) is 5.65 Å². The van der Waals surface area contributed by atoms with Gasteiger partial charge in [-0.3, -0.25) is 0 Å². The van der Waals surface area contributed by atoms with E-state index in [0.29, 0.717) is 11.3 Å². The quantitative estimate of drug-likeness (QED) is 0.761. The van der Waals surface area contributed by atoms with Gasteiger partial charge < -0.3 is 9.84 Å². The van der Waals surface area contributed by atoms with Gasteiger partial charge in [-0.25, -0.2) is 9.50 Å². The van der Waals surface area contributed by atoms with Crippen molar-refractivity contribution >= 4 is 23.3 Å². The van der Waals surface area contributed by atoms with E-state index in [-0.39, 0.29) is 22.2 Å². The van der Waals surface area contributed by atoms with Gasteiger partial charge in [0.2, 0.25) is 0 Å². The Hall–Kier alpha value is -2.51. The van der Waals surface area contributed by atoms with Crippen molar-refractivity contribution in [2.24, 2.45) is 0 Å². The second kappa shape index (κ2) is 6.54. The van der Waals surface area contributed by atoms with Crippen LogP contribution in [-0.2, 0) is 0 Å². The van der Waals surface area contributed by atoms with E-state index in [1.54, 1.807) is 18.2 Å². The first-order valence-corrected chi connectivity index (χ1v) is 7.28. The third-order valence-electron chi connectivity index (χ3n) is 3.39. The van der Waals surface area contributed by atoms with Crippen molar-refractivity contribution in [3.63, 3.8) is 0 Å². The Balaban J connectivity index is 2.17. The average Bonchev–Trinajstić information content (AvgIpc) is 2.91. The van der Waals surface area contributed by atoms with Crippen LogP contribution in [0, 0.1) is 0 Å². The second-order valence-corrected chi connectivity index (χ2v) is 5.22. The third-order valence-corrected chi connectivity index (χ3v) is 3.59. The lowest BCUT2D eigenvalue weighted by molar-refractivity contribution is -0.0513. The van der Waals surface area contributed by atoms with Crippen LogP contribution in [0.2, 0.25) is 5.15 Å². The molecule has 2 heterocycles. The summed E-state index contributed by atoms with van der Waals surface area (Å²) in [5, 5.41) is 15.1. The molecule has 8 heteroatoms. The SMILES string of the molecule is C=Cc1nc2ccc(Cl)nn2c1C(O)c1ccccc1OC(F)F. The molecule has 1 aromatic carbocycles. The summed E-state index contributed by atoms with van der Waals surface area (Å²) in [6.45, 7) is 0.650. The summed E-state index contributed by atoms with van der Waals surface area (Å²) >= 11 is 5.90. The number of halogens is 3. The fraction of sp³-hybridized carbons (Fsp3) is 0.125. The molecule has 0 bridgehead atoms. The Morgan fingerprint density at radius 2 is 2.00 bits per heavy atom. The van der Waals surface area contributed by atoms with Crippen molar-refractivity contribution in [1.82, 2.24) is 14.6 Å². The molecule has 0 saturated carbocycles. The summed E-state index contributed by atoms with van der Waals surface area (Å²) in [7, 11) is 0. The number of nitrogens with zero attached hydrogens (tertiary/aromatic N) is 3. The van der Waals surface area contributed by atoms with Crippen LogP contribution in [0.1, 0.15) is 23.1 Å². The Labute approximate surface area is 140 Å². The lowest BCUT2D eigenvalue weighted by Crippen LogP contribution is -2.11. The topological polar surface area (TPSA) is 59.7 Å². The molecular formula is C16H12ClF2N3O2. The number of imidazole rings is 1. The van der Waals surface area contributed by atoms with E-state index < -0.39 is 12.7 Å². The Morgan fingerprint density at radius 3 is 2.71 bits per heavy atom. The van der Waals surface area contributed by atoms with E-state index in [2.05, 4.69) is 21.4 Å². The first-order valence-electron chi connectivity index (χ1n) is 6.90. The molecule has 0 aliphatic rings. The molecule has 0 spiro atoms. The molecule has 3 aromatic rings. The highest BCUT2D eigenvalue weighted by atomic mass is 35.5. The smallest absolute Gasteiger partial charge is 0.387 e. The summed E-state index contributed by atoms with van der Waals surface area (Å²) in [5.74, 6) is -0.132. The van der Waals surface area contributed by atoms with E-state index in [9.17, 15) is 13.9 Å². The van der Waals surface area contributed by atoms with E-state index in [1.807, 2.05) is 0 Å². The normalized spacial score (nSPS) is 12.5. The molecule has 2 aromatic heterocycles. The van der Waals surface area contributed by atoms with Crippen molar-refractivity contribution in [3.8, 4) is 5.75 Å². The molecular weight excluding hydrogens is 340 g/mol. The monoisotopic (exact) mass is 351 g/mol. The van der Waals surface area contributed by atoms with Crippen molar-refractivity contribution in [2.45, 2.75) is 12.7 Å². The van der Waals surface area contributed by atoms with Crippen molar-refractivity contribution < 1.29 is 18.6 Å². The van der Waals surface area contributed by atoms with E-state index in [1.165, 1.54) is 28.8 Å². The van der Waals surface area contributed by atoms with Gasteiger partial charge in [-0.05, 0) is 24.3 Å². The second-order valence-electron chi connectivity index (χ2n) is 4.83. The van der Waals surface area contributed by atoms with E-state index >= 15 is 0 Å². The minimum atomic E-state index is -3.01. The molecule has 0 aliphatic heterocycles. The minimum absolute atomic E-state index is 0.132. The van der Waals surface area contributed by atoms with Crippen LogP contribution in [0.15, 0.2) is 43.0 Å². The molecule has 0 radical (unpaired) electrons. The molecule has 24 heavy (non-hydrogen) atoms. The molecule has 5 nitrogen and oxygen atoms in total. The number of hydrogen-bond donors (Lipinski definition) is 1. The zero-order valence-electron chi connectivity index (χ0n) is 12.2. The van der Waals surface area contributed by atoms with E-state index in [4.69, 9.17) is 11.6 Å². The summed E-state index contributed by atoms with van der Waals surface area (Å²) in [6, 6.07) is 9.15. The van der Waals surface area contributed by atoms with Crippen LogP contribution < -0.4 is 4.74 Å². The first-order chi connectivity index (χ1) is 11.5. The highest BCUT2D eigenvalue weighted by Gasteiger charge is 2.24. The molecule has 0 aliphatic carbocycles. The molecule has 0 amide bonds. The maximum absolute atomic E-state index is 12.6. The summed E-state index contributed by atoms with van der Waals surface area (Å²) < 4.78 is 31.0. The minimum Gasteiger partial charge on any atom is -0.434 e. The van der Waals surface area contributed by atoms with Gasteiger partial charge in [-0.1, -0.05) is 36.4 Å². The van der Waals surface area contributed by atoms with Gasteiger partial charge in [0.05, 0.1) is 5.69 Å². The standard InChI is InChI=1S/C16H12ClF2N3O2/c1-2-10-14(22-13(20-10)8-7-12(17)21-22)15(23)9-5-3-4-6-11(9)24-16(18)19/h2-8,15-16,23H,1H2. The number of aliphatic hydroxyl groups excluding tert-OH is 1. The molecule has 1 N–H and O–H groups in total. The Morgan fingerprint density at radius 1 is 1.25 bits per heavy atom. The van der Waals surface area contributed by atoms with Crippen LogP contribution in [0.4, 0.5) is 8.78 Å². The highest BCUT2D eigenvalue weighted by molar-refractivity contribution is 6.29. The lowest BCUT2D eigenvalue weighted by atomic mass is 10.0. The molecule has 1 unspecified atom stereocenters. The van der Waals surface area contributed by atoms with Crippen LogP contribution in [0.3, 0.4) is 0 Å². The number of aromatic nitrogens is 3. The van der Waals surface area contributed by atoms with Gasteiger partial charge in [0, 0.05) is 5.56 Å². The number of rotatable bonds is 5. The number of para-hydroxylation sites is 1. The first kappa shape index (κ1) is 16.4. The van der Waals surface area contributed by atoms with Crippen molar-refractivity contribution in [3.05, 3.63) is 65.1 Å². The van der Waals surface area contributed by atoms with Crippen LogP contribution in [0.25, 0.3) is 11.7 Å². The van der Waals surface area contributed by atoms with Gasteiger partial charge >= 0.3 is 6.61 Å². The van der Waals surface area contributed by atoms with Gasteiger partial charge in [-0.2, -0.15) is 13.9 Å². The highest BCUT2D eigenvalue weighted by Crippen LogP contribution is 2.33. The fourth-order valence-electron chi connectivity index (χ4n) is 2.41. The van der Waals surface area contributed by atoms with Crippen molar-refractivity contribution in [1.29, 1.82) is 0 Å². The number of ether oxygens (including phenoxy) is 1.